The molecule has 0 bridgehead atoms. The average molecular weight is 369 g/mol. The molecule has 8 heteroatoms. The van der Waals surface area contributed by atoms with Crippen molar-refractivity contribution in [1.82, 2.24) is 19.3 Å². The molecule has 2 aliphatic rings. The monoisotopic (exact) mass is 369 g/mol. The van der Waals surface area contributed by atoms with E-state index in [0.717, 1.165) is 10.2 Å². The molecule has 0 atom stereocenters. The molecule has 2 aromatic rings. The second-order valence-corrected chi connectivity index (χ2v) is 6.88. The third kappa shape index (κ3) is 2.58. The summed E-state index contributed by atoms with van der Waals surface area (Å²) in [6.45, 7) is 2.73. The molecule has 3 heterocycles. The molecule has 0 radical (unpaired) electrons. The molecule has 0 fully saturated rings. The number of benzene rings is 1. The van der Waals surface area contributed by atoms with Crippen molar-refractivity contribution in [1.29, 1.82) is 0 Å². The Balaban J connectivity index is 1.94. The van der Waals surface area contributed by atoms with Crippen molar-refractivity contribution in [2.24, 2.45) is 0 Å². The molecule has 1 aromatic heterocycles. The van der Waals surface area contributed by atoms with Crippen molar-refractivity contribution in [3.63, 3.8) is 0 Å². The van der Waals surface area contributed by atoms with E-state index in [1.54, 1.807) is 11.7 Å². The Hall–Kier alpha value is -2.71. The molecule has 0 N–H and O–H groups in total. The van der Waals surface area contributed by atoms with Crippen LogP contribution in [0.2, 0.25) is 0 Å². The molecule has 0 saturated heterocycles. The highest BCUT2D eigenvalue weighted by atomic mass is 32.1. The van der Waals surface area contributed by atoms with Crippen LogP contribution in [0.5, 0.6) is 5.88 Å². The lowest BCUT2D eigenvalue weighted by molar-refractivity contribution is -0.280. The van der Waals surface area contributed by atoms with Crippen LogP contribution < -0.4 is 10.7 Å². The molecular weight excluding hydrogens is 352 g/mol. The van der Waals surface area contributed by atoms with Crippen molar-refractivity contribution in [2.45, 2.75) is 19.9 Å². The maximum absolute atomic E-state index is 13.0. The van der Waals surface area contributed by atoms with Crippen molar-refractivity contribution >= 4 is 21.6 Å². The largest absolute Gasteiger partial charge is 0.860 e. The molecule has 4 rings (SSSR count). The van der Waals surface area contributed by atoms with Crippen LogP contribution in [0.3, 0.4) is 0 Å². The Kier molecular flexibility index (Phi) is 4.21. The van der Waals surface area contributed by atoms with Gasteiger partial charge in [0, 0.05) is 19.3 Å². The van der Waals surface area contributed by atoms with Gasteiger partial charge in [-0.15, -0.1) is 0 Å². The zero-order valence-corrected chi connectivity index (χ0v) is 15.2. The smallest absolute Gasteiger partial charge is 0.284 e. The predicted octanol–water partition coefficient (Wildman–Crippen LogP) is 2.03. The molecule has 0 saturated carbocycles. The quantitative estimate of drug-likeness (QED) is 0.537. The van der Waals surface area contributed by atoms with Gasteiger partial charge in [-0.25, -0.2) is 4.98 Å². The Morgan fingerprint density at radius 3 is 2.85 bits per heavy atom. The average Bonchev–Trinajstić information content (AvgIpc) is 3.20. The lowest BCUT2D eigenvalue weighted by Gasteiger charge is -2.23. The van der Waals surface area contributed by atoms with Gasteiger partial charge >= 0.3 is 0 Å². The number of ether oxygens (including phenoxy) is 1. The van der Waals surface area contributed by atoms with E-state index in [-0.39, 0.29) is 11.4 Å². The number of pyridine rings is 1. The van der Waals surface area contributed by atoms with E-state index in [1.165, 1.54) is 22.1 Å². The minimum atomic E-state index is -0.248. The first-order chi connectivity index (χ1) is 12.6. The topological polar surface area (TPSA) is 85.0 Å². The fraction of sp³-hybridized carbons (Fsp3) is 0.278. The third-order valence-electron chi connectivity index (χ3n) is 4.33. The van der Waals surface area contributed by atoms with Crippen LogP contribution in [0, 0.1) is 0 Å². The summed E-state index contributed by atoms with van der Waals surface area (Å²) in [6.07, 6.45) is 0.553. The summed E-state index contributed by atoms with van der Waals surface area (Å²) in [4.78, 5) is 17.5. The maximum atomic E-state index is 13.0. The first-order valence-corrected chi connectivity index (χ1v) is 9.13. The number of para-hydroxylation sites is 1. The lowest BCUT2D eigenvalue weighted by atomic mass is 10.1. The summed E-state index contributed by atoms with van der Waals surface area (Å²) in [6, 6.07) is 9.10. The molecule has 0 spiro atoms. The second-order valence-electron chi connectivity index (χ2n) is 5.87. The molecule has 26 heavy (non-hydrogen) atoms. The Morgan fingerprint density at radius 1 is 1.31 bits per heavy atom. The molecule has 0 unspecified atom stereocenters. The van der Waals surface area contributed by atoms with Gasteiger partial charge in [0.1, 0.15) is 0 Å². The number of thiazole rings is 1. The normalized spacial score (nSPS) is 11.6. The van der Waals surface area contributed by atoms with Crippen LogP contribution in [0.25, 0.3) is 26.6 Å². The Bertz CT molecular complexity index is 1080. The lowest BCUT2D eigenvalue weighted by Crippen LogP contribution is -2.20. The number of fused-ring (bicyclic) bond motifs is 2. The molecule has 7 nitrogen and oxygen atoms in total. The highest BCUT2D eigenvalue weighted by Gasteiger charge is 2.23. The minimum absolute atomic E-state index is 0.180. The van der Waals surface area contributed by atoms with Crippen molar-refractivity contribution in [3.05, 3.63) is 46.4 Å². The van der Waals surface area contributed by atoms with E-state index in [0.29, 0.717) is 41.7 Å². The SMILES string of the molecule is CCc1c2c(=O)n(-c3nc4ccccc4s3)nc-2cc([O-])n1CCOC. The van der Waals surface area contributed by atoms with E-state index >= 15 is 0 Å². The van der Waals surface area contributed by atoms with Crippen LogP contribution in [0.15, 0.2) is 35.1 Å². The van der Waals surface area contributed by atoms with E-state index in [9.17, 15) is 9.90 Å². The highest BCUT2D eigenvalue weighted by molar-refractivity contribution is 7.20. The van der Waals surface area contributed by atoms with E-state index in [1.807, 2.05) is 31.2 Å². The predicted molar refractivity (Wildman–Crippen MR) is 98.3 cm³/mol. The first kappa shape index (κ1) is 16.7. The fourth-order valence-electron chi connectivity index (χ4n) is 3.13. The number of hydrogen-bond donors (Lipinski definition) is 0. The molecule has 1 aromatic carbocycles. The van der Waals surface area contributed by atoms with Gasteiger partial charge in [0.25, 0.3) is 5.56 Å². The Labute approximate surface area is 153 Å². The van der Waals surface area contributed by atoms with Crippen LogP contribution >= 0.6 is 11.3 Å². The van der Waals surface area contributed by atoms with E-state index < -0.39 is 0 Å². The van der Waals surface area contributed by atoms with Gasteiger partial charge in [-0.05, 0) is 30.5 Å². The molecule has 2 aliphatic heterocycles. The summed E-state index contributed by atoms with van der Waals surface area (Å²) in [5.74, 6) is -0.180. The van der Waals surface area contributed by atoms with Crippen molar-refractivity contribution < 1.29 is 9.84 Å². The van der Waals surface area contributed by atoms with Crippen LogP contribution in [0.1, 0.15) is 12.6 Å². The van der Waals surface area contributed by atoms with E-state index in [4.69, 9.17) is 4.74 Å². The number of rotatable bonds is 5. The van der Waals surface area contributed by atoms with Gasteiger partial charge in [0.2, 0.25) is 5.13 Å². The van der Waals surface area contributed by atoms with Gasteiger partial charge in [-0.3, -0.25) is 4.79 Å². The van der Waals surface area contributed by atoms with Crippen LogP contribution in [-0.2, 0) is 17.7 Å². The number of nitrogens with zero attached hydrogens (tertiary/aromatic N) is 4. The Morgan fingerprint density at radius 2 is 2.12 bits per heavy atom. The molecule has 0 aliphatic carbocycles. The molecular formula is C18H17N4O3S-. The summed E-state index contributed by atoms with van der Waals surface area (Å²) < 4.78 is 8.96. The third-order valence-corrected chi connectivity index (χ3v) is 5.34. The molecule has 0 amide bonds. The zero-order valence-electron chi connectivity index (χ0n) is 14.4. The fourth-order valence-corrected chi connectivity index (χ4v) is 4.05. The van der Waals surface area contributed by atoms with Gasteiger partial charge in [-0.1, -0.05) is 30.4 Å². The van der Waals surface area contributed by atoms with Gasteiger partial charge in [-0.2, -0.15) is 9.78 Å². The second kappa shape index (κ2) is 6.54. The van der Waals surface area contributed by atoms with Gasteiger partial charge < -0.3 is 14.4 Å². The van der Waals surface area contributed by atoms with Gasteiger partial charge in [0.15, 0.2) is 0 Å². The van der Waals surface area contributed by atoms with Crippen LogP contribution in [-0.4, -0.2) is 33.0 Å². The zero-order chi connectivity index (χ0) is 18.3. The minimum Gasteiger partial charge on any atom is -0.860 e. The number of methoxy groups -OCH3 is 1. The van der Waals surface area contributed by atoms with Crippen molar-refractivity contribution in [2.75, 3.05) is 13.7 Å². The first-order valence-electron chi connectivity index (χ1n) is 8.31. The van der Waals surface area contributed by atoms with E-state index in [2.05, 4.69) is 10.1 Å². The number of hydrogen-bond acceptors (Lipinski definition) is 6. The maximum Gasteiger partial charge on any atom is 0.284 e. The van der Waals surface area contributed by atoms with Gasteiger partial charge in [0.05, 0.1) is 28.1 Å². The highest BCUT2D eigenvalue weighted by Crippen LogP contribution is 2.29. The molecule has 134 valence electrons. The summed E-state index contributed by atoms with van der Waals surface area (Å²) in [5.41, 5.74) is 2.14. The standard InChI is InChI=1S/C18H18N4O3S/c1-3-13-16-12(10-15(23)21(13)8-9-25-2)20-22(17(16)24)18-19-11-6-4-5-7-14(11)26-18/h4-7,10,23H,3,8-9H2,1-2H3/p-1. The van der Waals surface area contributed by atoms with Crippen molar-refractivity contribution in [3.8, 4) is 22.3 Å². The summed E-state index contributed by atoms with van der Waals surface area (Å²) in [5, 5.41) is 17.3. The number of aromatic nitrogens is 4. The summed E-state index contributed by atoms with van der Waals surface area (Å²) >= 11 is 1.40. The van der Waals surface area contributed by atoms with Crippen LogP contribution in [0.4, 0.5) is 0 Å². The summed E-state index contributed by atoms with van der Waals surface area (Å²) in [7, 11) is 1.58.